The van der Waals surface area contributed by atoms with Gasteiger partial charge in [0.05, 0.1) is 6.10 Å². The van der Waals surface area contributed by atoms with Crippen molar-refractivity contribution in [3.05, 3.63) is 48.6 Å². The molecule has 0 aliphatic heterocycles. The number of carbonyl (C=O) groups is 1. The first-order valence-corrected chi connectivity index (χ1v) is 8.74. The van der Waals surface area contributed by atoms with E-state index in [0.717, 1.165) is 18.9 Å². The summed E-state index contributed by atoms with van der Waals surface area (Å²) >= 11 is 0. The second-order valence-corrected chi connectivity index (χ2v) is 5.69. The Morgan fingerprint density at radius 3 is 2.09 bits per heavy atom. The highest BCUT2D eigenvalue weighted by atomic mass is 16.4. The maximum absolute atomic E-state index is 10.2. The van der Waals surface area contributed by atoms with Gasteiger partial charge in [-0.3, -0.25) is 0 Å². The highest BCUT2D eigenvalue weighted by molar-refractivity contribution is 5.80. The third kappa shape index (κ3) is 18.3. The lowest BCUT2D eigenvalue weighted by molar-refractivity contribution is -0.131. The lowest BCUT2D eigenvalue weighted by atomic mass is 10.0. The van der Waals surface area contributed by atoms with Crippen LogP contribution in [0.25, 0.3) is 0 Å². The van der Waals surface area contributed by atoms with Crippen LogP contribution < -0.4 is 0 Å². The van der Waals surface area contributed by atoms with Crippen molar-refractivity contribution in [3.8, 4) is 0 Å². The van der Waals surface area contributed by atoms with Gasteiger partial charge in [-0.15, -0.1) is 0 Å². The molecule has 3 heteroatoms. The summed E-state index contributed by atoms with van der Waals surface area (Å²) < 4.78 is 0. The van der Waals surface area contributed by atoms with Crippen LogP contribution in [0.3, 0.4) is 0 Å². The fraction of sp³-hybridized carbons (Fsp3) is 0.550. The summed E-state index contributed by atoms with van der Waals surface area (Å²) in [6, 6.07) is 0. The monoisotopic (exact) mass is 320 g/mol. The predicted octanol–water partition coefficient (Wildman–Crippen LogP) is 5.19. The van der Waals surface area contributed by atoms with Crippen molar-refractivity contribution in [2.75, 3.05) is 0 Å². The molecule has 0 aromatic carbocycles. The van der Waals surface area contributed by atoms with Gasteiger partial charge >= 0.3 is 5.97 Å². The van der Waals surface area contributed by atoms with Crippen LogP contribution in [0, 0.1) is 0 Å². The van der Waals surface area contributed by atoms with Crippen molar-refractivity contribution in [3.63, 3.8) is 0 Å². The molecule has 0 heterocycles. The van der Waals surface area contributed by atoms with Gasteiger partial charge in [0.1, 0.15) is 0 Å². The van der Waals surface area contributed by atoms with E-state index in [0.29, 0.717) is 6.42 Å². The van der Waals surface area contributed by atoms with E-state index in [2.05, 4.69) is 6.92 Å². The molecule has 2 N–H and O–H groups in total. The first-order chi connectivity index (χ1) is 11.2. The molecule has 0 rings (SSSR count). The Hall–Kier alpha value is -1.61. The fourth-order valence-corrected chi connectivity index (χ4v) is 2.16. The molecule has 0 radical (unpaired) electrons. The van der Waals surface area contributed by atoms with E-state index in [1.54, 1.807) is 12.2 Å². The molecule has 0 saturated carbocycles. The van der Waals surface area contributed by atoms with Crippen LogP contribution in [0.1, 0.15) is 64.7 Å². The van der Waals surface area contributed by atoms with Crippen molar-refractivity contribution in [1.29, 1.82) is 0 Å². The van der Waals surface area contributed by atoms with Crippen LogP contribution in [0.4, 0.5) is 0 Å². The van der Waals surface area contributed by atoms with E-state index in [4.69, 9.17) is 5.11 Å². The fourth-order valence-electron chi connectivity index (χ4n) is 2.16. The number of carboxylic acids is 1. The molecule has 1 atom stereocenters. The zero-order valence-corrected chi connectivity index (χ0v) is 14.4. The Morgan fingerprint density at radius 2 is 1.43 bits per heavy atom. The molecule has 0 amide bonds. The van der Waals surface area contributed by atoms with Gasteiger partial charge in [-0.2, -0.15) is 0 Å². The highest BCUT2D eigenvalue weighted by Crippen LogP contribution is 2.11. The molecule has 130 valence electrons. The van der Waals surface area contributed by atoms with Gasteiger partial charge in [-0.1, -0.05) is 94.4 Å². The van der Waals surface area contributed by atoms with Gasteiger partial charge < -0.3 is 10.2 Å². The molecular formula is C20H32O3. The van der Waals surface area contributed by atoms with Crippen molar-refractivity contribution in [1.82, 2.24) is 0 Å². The summed E-state index contributed by atoms with van der Waals surface area (Å²) in [6.45, 7) is 2.23. The van der Waals surface area contributed by atoms with Crippen LogP contribution in [-0.2, 0) is 4.79 Å². The minimum Gasteiger partial charge on any atom is -0.478 e. The van der Waals surface area contributed by atoms with Crippen LogP contribution in [-0.4, -0.2) is 22.3 Å². The minimum absolute atomic E-state index is 0.246. The topological polar surface area (TPSA) is 57.5 Å². The molecule has 0 fully saturated rings. The van der Waals surface area contributed by atoms with Crippen molar-refractivity contribution < 1.29 is 15.0 Å². The summed E-state index contributed by atoms with van der Waals surface area (Å²) in [4.78, 5) is 10.2. The Balaban J connectivity index is 3.57. The number of carboxylic acid groups (broad SMARTS) is 1. The number of allylic oxidation sites excluding steroid dienone is 6. The second kappa shape index (κ2) is 16.8. The van der Waals surface area contributed by atoms with Gasteiger partial charge in [0, 0.05) is 6.08 Å². The number of unbranched alkanes of at least 4 members (excludes halogenated alkanes) is 6. The van der Waals surface area contributed by atoms with Gasteiger partial charge in [0.25, 0.3) is 0 Å². The molecule has 0 aliphatic rings. The maximum Gasteiger partial charge on any atom is 0.328 e. The Bertz CT molecular complexity index is 392. The van der Waals surface area contributed by atoms with Crippen LogP contribution in [0.5, 0.6) is 0 Å². The Labute approximate surface area is 141 Å². The van der Waals surface area contributed by atoms with Crippen LogP contribution in [0.15, 0.2) is 48.6 Å². The van der Waals surface area contributed by atoms with Gasteiger partial charge in [-0.25, -0.2) is 4.79 Å². The smallest absolute Gasteiger partial charge is 0.328 e. The Kier molecular flexibility index (Phi) is 15.6. The second-order valence-electron chi connectivity index (χ2n) is 5.69. The lowest BCUT2D eigenvalue weighted by Crippen LogP contribution is -2.04. The minimum atomic E-state index is -0.950. The maximum atomic E-state index is 10.2. The molecule has 0 saturated heterocycles. The third-order valence-corrected chi connectivity index (χ3v) is 3.48. The van der Waals surface area contributed by atoms with E-state index in [9.17, 15) is 9.90 Å². The highest BCUT2D eigenvalue weighted by Gasteiger charge is 2.00. The molecule has 0 aromatic rings. The molecule has 0 aromatic heterocycles. The number of rotatable bonds is 14. The molecule has 0 bridgehead atoms. The number of aliphatic hydroxyl groups is 1. The zero-order chi connectivity index (χ0) is 17.2. The predicted molar refractivity (Wildman–Crippen MR) is 97.4 cm³/mol. The Morgan fingerprint density at radius 1 is 0.870 bits per heavy atom. The van der Waals surface area contributed by atoms with E-state index in [-0.39, 0.29) is 6.10 Å². The van der Waals surface area contributed by atoms with Crippen molar-refractivity contribution in [2.45, 2.75) is 70.8 Å². The summed E-state index contributed by atoms with van der Waals surface area (Å²) in [5, 5.41) is 18.3. The average molecular weight is 320 g/mol. The van der Waals surface area contributed by atoms with Crippen molar-refractivity contribution in [2.24, 2.45) is 0 Å². The van der Waals surface area contributed by atoms with Crippen LogP contribution in [0.2, 0.25) is 0 Å². The van der Waals surface area contributed by atoms with E-state index in [1.165, 1.54) is 44.6 Å². The van der Waals surface area contributed by atoms with Crippen molar-refractivity contribution >= 4 is 5.97 Å². The number of hydrogen-bond acceptors (Lipinski definition) is 2. The summed E-state index contributed by atoms with van der Waals surface area (Å²) in [5.74, 6) is -0.950. The standard InChI is InChI=1S/C20H32O3/c1-2-3-4-5-7-10-13-16-19(21)17-14-11-8-6-9-12-15-18-20(22)23/h6,8-9,11-12,14-15,18-19,21H,2-5,7,10,13,16-17H2,1H3,(H,22,23). The third-order valence-electron chi connectivity index (χ3n) is 3.48. The summed E-state index contributed by atoms with van der Waals surface area (Å²) in [7, 11) is 0. The normalized spacial score (nSPS) is 13.8. The van der Waals surface area contributed by atoms with Gasteiger partial charge in [0.2, 0.25) is 0 Å². The van der Waals surface area contributed by atoms with Gasteiger partial charge in [0.15, 0.2) is 0 Å². The van der Waals surface area contributed by atoms with E-state index in [1.807, 2.05) is 24.3 Å². The SMILES string of the molecule is CCCCCCCCCC(O)CC=CC=CC=CC=CC(=O)O. The quantitative estimate of drug-likeness (QED) is 0.263. The largest absolute Gasteiger partial charge is 0.478 e. The number of hydrogen-bond donors (Lipinski definition) is 2. The molecule has 0 spiro atoms. The van der Waals surface area contributed by atoms with Gasteiger partial charge in [-0.05, 0) is 12.8 Å². The number of aliphatic carboxylic acids is 1. The number of aliphatic hydroxyl groups excluding tert-OH is 1. The zero-order valence-electron chi connectivity index (χ0n) is 14.4. The molecule has 1 unspecified atom stereocenters. The van der Waals surface area contributed by atoms with E-state index < -0.39 is 5.97 Å². The molecule has 3 nitrogen and oxygen atoms in total. The first kappa shape index (κ1) is 21.4. The molecule has 0 aliphatic carbocycles. The van der Waals surface area contributed by atoms with E-state index >= 15 is 0 Å². The molecular weight excluding hydrogens is 288 g/mol. The lowest BCUT2D eigenvalue weighted by Gasteiger charge is -2.07. The summed E-state index contributed by atoms with van der Waals surface area (Å²) in [6.07, 6.45) is 23.8. The summed E-state index contributed by atoms with van der Waals surface area (Å²) in [5.41, 5.74) is 0. The molecule has 23 heavy (non-hydrogen) atoms. The first-order valence-electron chi connectivity index (χ1n) is 8.74. The van der Waals surface area contributed by atoms with Crippen LogP contribution >= 0.6 is 0 Å². The average Bonchev–Trinajstić information content (AvgIpc) is 2.52.